The molecular formula is C13H8F3NO3. The number of nitro groups is 1. The number of hydrogen-bond acceptors (Lipinski definition) is 3. The summed E-state index contributed by atoms with van der Waals surface area (Å²) in [5, 5.41) is 10.7. The zero-order valence-corrected chi connectivity index (χ0v) is 9.98. The fourth-order valence-electron chi connectivity index (χ4n) is 1.60. The van der Waals surface area contributed by atoms with Crippen molar-refractivity contribution in [1.29, 1.82) is 0 Å². The van der Waals surface area contributed by atoms with Crippen molar-refractivity contribution in [3.05, 3.63) is 69.5 Å². The first-order chi connectivity index (χ1) is 9.50. The SMILES string of the molecule is O=[N+]([O-])c1c(F)c(F)cc(F)c1OCc1ccccc1. The molecule has 0 spiro atoms. The van der Waals surface area contributed by atoms with Crippen LogP contribution < -0.4 is 4.74 Å². The van der Waals surface area contributed by atoms with E-state index in [1.54, 1.807) is 30.3 Å². The molecule has 0 saturated heterocycles. The van der Waals surface area contributed by atoms with Crippen LogP contribution in [-0.4, -0.2) is 4.92 Å². The second kappa shape index (κ2) is 5.60. The van der Waals surface area contributed by atoms with Gasteiger partial charge in [0, 0.05) is 6.07 Å². The highest BCUT2D eigenvalue weighted by atomic mass is 19.2. The van der Waals surface area contributed by atoms with Gasteiger partial charge >= 0.3 is 5.69 Å². The van der Waals surface area contributed by atoms with E-state index >= 15 is 0 Å². The Hall–Kier alpha value is -2.57. The van der Waals surface area contributed by atoms with E-state index in [0.717, 1.165) is 0 Å². The first-order valence-electron chi connectivity index (χ1n) is 5.49. The quantitative estimate of drug-likeness (QED) is 0.489. The van der Waals surface area contributed by atoms with Gasteiger partial charge < -0.3 is 4.74 Å². The van der Waals surface area contributed by atoms with E-state index in [2.05, 4.69) is 0 Å². The third kappa shape index (κ3) is 2.71. The molecule has 0 radical (unpaired) electrons. The third-order valence-electron chi connectivity index (χ3n) is 2.51. The van der Waals surface area contributed by atoms with Gasteiger partial charge in [0.1, 0.15) is 6.61 Å². The zero-order chi connectivity index (χ0) is 14.7. The summed E-state index contributed by atoms with van der Waals surface area (Å²) in [6.45, 7) is -0.205. The molecule has 0 N–H and O–H groups in total. The van der Waals surface area contributed by atoms with Crippen LogP contribution in [0.5, 0.6) is 5.75 Å². The molecule has 0 heterocycles. The Bertz CT molecular complexity index is 647. The second-order valence-electron chi connectivity index (χ2n) is 3.86. The molecule has 0 unspecified atom stereocenters. The minimum absolute atomic E-state index is 0.205. The molecule has 4 nitrogen and oxygen atoms in total. The molecule has 0 amide bonds. The highest BCUT2D eigenvalue weighted by Gasteiger charge is 2.29. The number of ether oxygens (including phenoxy) is 1. The summed E-state index contributed by atoms with van der Waals surface area (Å²) in [5.41, 5.74) is -0.746. The highest BCUT2D eigenvalue weighted by molar-refractivity contribution is 5.49. The van der Waals surface area contributed by atoms with E-state index in [-0.39, 0.29) is 12.7 Å². The van der Waals surface area contributed by atoms with Crippen molar-refractivity contribution in [2.24, 2.45) is 0 Å². The molecular weight excluding hydrogens is 275 g/mol. The zero-order valence-electron chi connectivity index (χ0n) is 9.98. The lowest BCUT2D eigenvalue weighted by Crippen LogP contribution is -2.05. The van der Waals surface area contributed by atoms with Gasteiger partial charge in [-0.15, -0.1) is 0 Å². The molecule has 0 atom stereocenters. The van der Waals surface area contributed by atoms with Crippen molar-refractivity contribution in [2.45, 2.75) is 6.61 Å². The Kier molecular flexibility index (Phi) is 3.88. The normalized spacial score (nSPS) is 10.3. The number of nitro benzene ring substituents is 1. The van der Waals surface area contributed by atoms with Gasteiger partial charge in [-0.1, -0.05) is 30.3 Å². The average Bonchev–Trinajstić information content (AvgIpc) is 2.42. The van der Waals surface area contributed by atoms with Crippen molar-refractivity contribution in [1.82, 2.24) is 0 Å². The minimum atomic E-state index is -1.75. The molecule has 2 aromatic carbocycles. The van der Waals surface area contributed by atoms with Gasteiger partial charge in [-0.05, 0) is 5.56 Å². The molecule has 2 rings (SSSR count). The van der Waals surface area contributed by atoms with Gasteiger partial charge in [-0.25, -0.2) is 8.78 Å². The smallest absolute Gasteiger partial charge is 0.352 e. The molecule has 0 aliphatic carbocycles. The van der Waals surface area contributed by atoms with Crippen LogP contribution in [0.2, 0.25) is 0 Å². The fourth-order valence-corrected chi connectivity index (χ4v) is 1.60. The minimum Gasteiger partial charge on any atom is -0.480 e. The van der Waals surface area contributed by atoms with Crippen LogP contribution in [0.4, 0.5) is 18.9 Å². The highest BCUT2D eigenvalue weighted by Crippen LogP contribution is 2.34. The van der Waals surface area contributed by atoms with Gasteiger partial charge in [-0.2, -0.15) is 4.39 Å². The topological polar surface area (TPSA) is 52.4 Å². The largest absolute Gasteiger partial charge is 0.480 e. The average molecular weight is 283 g/mol. The molecule has 0 saturated carbocycles. The maximum atomic E-state index is 13.5. The van der Waals surface area contributed by atoms with Crippen LogP contribution in [-0.2, 0) is 6.61 Å². The predicted molar refractivity (Wildman–Crippen MR) is 63.7 cm³/mol. The lowest BCUT2D eigenvalue weighted by atomic mass is 10.2. The number of halogens is 3. The van der Waals surface area contributed by atoms with E-state index in [1.165, 1.54) is 0 Å². The predicted octanol–water partition coefficient (Wildman–Crippen LogP) is 3.59. The van der Waals surface area contributed by atoms with Crippen molar-refractivity contribution in [3.8, 4) is 5.75 Å². The van der Waals surface area contributed by atoms with Crippen LogP contribution in [0.15, 0.2) is 36.4 Å². The van der Waals surface area contributed by atoms with Gasteiger partial charge in [0.25, 0.3) is 0 Å². The maximum Gasteiger partial charge on any atom is 0.352 e. The van der Waals surface area contributed by atoms with Crippen LogP contribution >= 0.6 is 0 Å². The van der Waals surface area contributed by atoms with Gasteiger partial charge in [-0.3, -0.25) is 10.1 Å². The standard InChI is InChI=1S/C13H8F3NO3/c14-9-6-10(15)13(12(11(9)16)17(18)19)20-7-8-4-2-1-3-5-8/h1-6H,7H2. The van der Waals surface area contributed by atoms with Gasteiger partial charge in [0.15, 0.2) is 11.6 Å². The Morgan fingerprint density at radius 2 is 1.75 bits per heavy atom. The van der Waals surface area contributed by atoms with E-state index < -0.39 is 33.8 Å². The fraction of sp³-hybridized carbons (Fsp3) is 0.0769. The third-order valence-corrected chi connectivity index (χ3v) is 2.51. The first kappa shape index (κ1) is 13.9. The summed E-state index contributed by atoms with van der Waals surface area (Å²) in [6.07, 6.45) is 0. The monoisotopic (exact) mass is 283 g/mol. The van der Waals surface area contributed by atoms with Crippen LogP contribution in [0, 0.1) is 27.6 Å². The lowest BCUT2D eigenvalue weighted by Gasteiger charge is -2.08. The molecule has 0 aliphatic rings. The van der Waals surface area contributed by atoms with E-state index in [9.17, 15) is 23.3 Å². The molecule has 0 aromatic heterocycles. The maximum absolute atomic E-state index is 13.5. The number of nitrogens with zero attached hydrogens (tertiary/aromatic N) is 1. The van der Waals surface area contributed by atoms with Crippen molar-refractivity contribution < 1.29 is 22.8 Å². The Morgan fingerprint density at radius 1 is 1.10 bits per heavy atom. The summed E-state index contributed by atoms with van der Waals surface area (Å²) in [4.78, 5) is 9.49. The van der Waals surface area contributed by atoms with Gasteiger partial charge in [0.05, 0.1) is 4.92 Å². The number of rotatable bonds is 4. The second-order valence-corrected chi connectivity index (χ2v) is 3.86. The first-order valence-corrected chi connectivity index (χ1v) is 5.49. The van der Waals surface area contributed by atoms with Crippen molar-refractivity contribution in [3.63, 3.8) is 0 Å². The summed E-state index contributed by atoms with van der Waals surface area (Å²) in [5.74, 6) is -5.63. The Morgan fingerprint density at radius 3 is 2.35 bits per heavy atom. The lowest BCUT2D eigenvalue weighted by molar-refractivity contribution is -0.389. The molecule has 0 bridgehead atoms. The molecule has 20 heavy (non-hydrogen) atoms. The van der Waals surface area contributed by atoms with E-state index in [4.69, 9.17) is 4.74 Å². The number of hydrogen-bond donors (Lipinski definition) is 0. The molecule has 0 fully saturated rings. The number of benzene rings is 2. The summed E-state index contributed by atoms with van der Waals surface area (Å²) in [6, 6.07) is 8.61. The van der Waals surface area contributed by atoms with Crippen LogP contribution in [0.3, 0.4) is 0 Å². The Balaban J connectivity index is 2.36. The summed E-state index contributed by atoms with van der Waals surface area (Å²) in [7, 11) is 0. The van der Waals surface area contributed by atoms with Crippen LogP contribution in [0.25, 0.3) is 0 Å². The van der Waals surface area contributed by atoms with Crippen molar-refractivity contribution >= 4 is 5.69 Å². The molecule has 7 heteroatoms. The molecule has 0 aliphatic heterocycles. The summed E-state index contributed by atoms with van der Waals surface area (Å²) >= 11 is 0. The summed E-state index contributed by atoms with van der Waals surface area (Å²) < 4.78 is 44.8. The van der Waals surface area contributed by atoms with Gasteiger partial charge in [0.2, 0.25) is 11.6 Å². The van der Waals surface area contributed by atoms with E-state index in [1.807, 2.05) is 0 Å². The molecule has 104 valence electrons. The van der Waals surface area contributed by atoms with Crippen molar-refractivity contribution in [2.75, 3.05) is 0 Å². The Labute approximate surface area is 111 Å². The van der Waals surface area contributed by atoms with Crippen LogP contribution in [0.1, 0.15) is 5.56 Å². The molecule has 2 aromatic rings. The van der Waals surface area contributed by atoms with E-state index in [0.29, 0.717) is 5.56 Å².